The zero-order chi connectivity index (χ0) is 17.6. The third kappa shape index (κ3) is 6.75. The van der Waals surface area contributed by atoms with Crippen molar-refractivity contribution in [2.75, 3.05) is 33.1 Å². The molecule has 1 aromatic heterocycles. The Balaban J connectivity index is 0.00000312. The zero-order valence-corrected chi connectivity index (χ0v) is 17.9. The summed E-state index contributed by atoms with van der Waals surface area (Å²) in [4.78, 5) is 7.71. The summed E-state index contributed by atoms with van der Waals surface area (Å²) >= 11 is 2.79. The number of aromatic nitrogens is 1. The maximum Gasteiger partial charge on any atom is 0.434 e. The van der Waals surface area contributed by atoms with E-state index in [4.69, 9.17) is 4.74 Å². The fraction of sp³-hybridized carbons (Fsp3) is 0.714. The van der Waals surface area contributed by atoms with Crippen LogP contribution in [0.5, 0.6) is 0 Å². The zero-order valence-electron chi connectivity index (χ0n) is 14.0. The van der Waals surface area contributed by atoms with Crippen LogP contribution in [0, 0.1) is 0 Å². The second-order valence-electron chi connectivity index (χ2n) is 5.40. The minimum absolute atomic E-state index is 0. The molecule has 144 valence electrons. The molecule has 0 aliphatic carbocycles. The number of ether oxygens (including phenoxy) is 1. The summed E-state index contributed by atoms with van der Waals surface area (Å²) in [7, 11) is 1.63. The van der Waals surface area contributed by atoms with E-state index >= 15 is 0 Å². The molecule has 0 amide bonds. The topological polar surface area (TPSA) is 58.5 Å². The Hall–Kier alpha value is -0.270. The Morgan fingerprint density at radius 3 is 2.60 bits per heavy atom. The lowest BCUT2D eigenvalue weighted by molar-refractivity contribution is -0.140. The van der Waals surface area contributed by atoms with Gasteiger partial charge in [0.1, 0.15) is 5.01 Å². The smallest absolute Gasteiger partial charge is 0.381 e. The largest absolute Gasteiger partial charge is 0.434 e. The Morgan fingerprint density at radius 1 is 1.40 bits per heavy atom. The fourth-order valence-corrected chi connectivity index (χ4v) is 3.88. The normalized spacial score (nSPS) is 17.7. The van der Waals surface area contributed by atoms with Gasteiger partial charge in [-0.3, -0.25) is 4.99 Å². The molecule has 25 heavy (non-hydrogen) atoms. The number of thiazole rings is 1. The predicted octanol–water partition coefficient (Wildman–Crippen LogP) is 3.36. The van der Waals surface area contributed by atoms with Gasteiger partial charge in [-0.2, -0.15) is 24.9 Å². The highest BCUT2D eigenvalue weighted by molar-refractivity contribution is 14.0. The van der Waals surface area contributed by atoms with Crippen molar-refractivity contribution in [1.82, 2.24) is 15.6 Å². The number of rotatable bonds is 5. The highest BCUT2D eigenvalue weighted by atomic mass is 127. The molecule has 1 aromatic rings. The Morgan fingerprint density at radius 2 is 2.08 bits per heavy atom. The number of halogens is 4. The molecule has 5 nitrogen and oxygen atoms in total. The molecular formula is C14H22F3IN4OS2. The van der Waals surface area contributed by atoms with Gasteiger partial charge in [-0.25, -0.2) is 4.98 Å². The summed E-state index contributed by atoms with van der Waals surface area (Å²) in [5, 5.41) is 7.66. The summed E-state index contributed by atoms with van der Waals surface area (Å²) in [5.41, 5.74) is -0.851. The predicted molar refractivity (Wildman–Crippen MR) is 107 cm³/mol. The molecule has 1 saturated heterocycles. The van der Waals surface area contributed by atoms with Crippen molar-refractivity contribution in [2.24, 2.45) is 4.99 Å². The summed E-state index contributed by atoms with van der Waals surface area (Å²) in [6, 6.07) is 0. The number of thioether (sulfide) groups is 1. The number of nitrogens with zero attached hydrogens (tertiary/aromatic N) is 2. The summed E-state index contributed by atoms with van der Waals surface area (Å²) in [6.07, 6.45) is -0.404. The molecule has 11 heteroatoms. The summed E-state index contributed by atoms with van der Waals surface area (Å²) < 4.78 is 43.2. The van der Waals surface area contributed by atoms with Crippen molar-refractivity contribution in [3.8, 4) is 0 Å². The lowest BCUT2D eigenvalue weighted by Gasteiger charge is -2.36. The van der Waals surface area contributed by atoms with Gasteiger partial charge in [-0.15, -0.1) is 35.3 Å². The maximum absolute atomic E-state index is 12.5. The van der Waals surface area contributed by atoms with E-state index in [0.29, 0.717) is 11.0 Å². The van der Waals surface area contributed by atoms with Crippen LogP contribution in [0.15, 0.2) is 10.4 Å². The van der Waals surface area contributed by atoms with Crippen molar-refractivity contribution < 1.29 is 17.9 Å². The van der Waals surface area contributed by atoms with E-state index in [0.717, 1.165) is 49.3 Å². The third-order valence-corrected chi connectivity index (χ3v) is 6.16. The Labute approximate surface area is 170 Å². The molecule has 0 aromatic carbocycles. The third-order valence-electron chi connectivity index (χ3n) is 3.89. The molecule has 1 aliphatic heterocycles. The van der Waals surface area contributed by atoms with Crippen LogP contribution in [0.4, 0.5) is 13.2 Å². The first-order valence-electron chi connectivity index (χ1n) is 7.47. The number of guanidine groups is 1. The lowest BCUT2D eigenvalue weighted by atomic mass is 9.99. The van der Waals surface area contributed by atoms with Crippen LogP contribution in [0.25, 0.3) is 0 Å². The Kier molecular flexibility index (Phi) is 9.26. The van der Waals surface area contributed by atoms with Crippen LogP contribution in [0.2, 0.25) is 0 Å². The average Bonchev–Trinajstić information content (AvgIpc) is 3.05. The first-order chi connectivity index (χ1) is 11.4. The van der Waals surface area contributed by atoms with Gasteiger partial charge in [0.15, 0.2) is 11.7 Å². The van der Waals surface area contributed by atoms with E-state index in [1.165, 1.54) is 0 Å². The van der Waals surface area contributed by atoms with Crippen LogP contribution in [-0.2, 0) is 17.5 Å². The lowest BCUT2D eigenvalue weighted by Crippen LogP contribution is -2.47. The van der Waals surface area contributed by atoms with E-state index in [9.17, 15) is 13.2 Å². The van der Waals surface area contributed by atoms with Gasteiger partial charge in [0, 0.05) is 36.9 Å². The van der Waals surface area contributed by atoms with E-state index in [1.807, 2.05) is 0 Å². The number of aliphatic imine (C=N–C) groups is 1. The van der Waals surface area contributed by atoms with Crippen LogP contribution >= 0.6 is 47.1 Å². The Bertz CT molecular complexity index is 563. The maximum atomic E-state index is 12.5. The average molecular weight is 510 g/mol. The van der Waals surface area contributed by atoms with E-state index in [2.05, 4.69) is 26.9 Å². The summed E-state index contributed by atoms with van der Waals surface area (Å²) in [6.45, 7) is 2.42. The molecule has 2 heterocycles. The van der Waals surface area contributed by atoms with Gasteiger partial charge in [0.2, 0.25) is 0 Å². The molecule has 0 spiro atoms. The SMILES string of the molecule is CN=C(NCc1nc(C(F)(F)F)cs1)NCC1(SC)CCOCC1.I. The molecule has 0 radical (unpaired) electrons. The van der Waals surface area contributed by atoms with Crippen molar-refractivity contribution in [1.29, 1.82) is 0 Å². The second-order valence-corrected chi connectivity index (χ2v) is 7.62. The van der Waals surface area contributed by atoms with Crippen LogP contribution < -0.4 is 10.6 Å². The fourth-order valence-electron chi connectivity index (χ4n) is 2.34. The van der Waals surface area contributed by atoms with Crippen molar-refractivity contribution in [3.63, 3.8) is 0 Å². The van der Waals surface area contributed by atoms with Gasteiger partial charge in [0.25, 0.3) is 0 Å². The van der Waals surface area contributed by atoms with E-state index < -0.39 is 11.9 Å². The monoisotopic (exact) mass is 510 g/mol. The second kappa shape index (κ2) is 10.2. The molecule has 0 atom stereocenters. The number of alkyl halides is 3. The minimum atomic E-state index is -4.40. The molecule has 1 fully saturated rings. The standard InChI is InChI=1S/C14H21F3N4OS2.HI/c1-18-12(20-9-13(23-2)3-5-22-6-4-13)19-7-11-21-10(8-24-11)14(15,16)17;/h8H,3-7,9H2,1-2H3,(H2,18,19,20);1H. The van der Waals surface area contributed by atoms with Crippen LogP contribution in [0.3, 0.4) is 0 Å². The van der Waals surface area contributed by atoms with Crippen LogP contribution in [0.1, 0.15) is 23.5 Å². The van der Waals surface area contributed by atoms with Gasteiger partial charge >= 0.3 is 6.18 Å². The van der Waals surface area contributed by atoms with Gasteiger partial charge in [-0.05, 0) is 19.1 Å². The number of hydrogen-bond donors (Lipinski definition) is 2. The molecule has 0 saturated carbocycles. The van der Waals surface area contributed by atoms with Gasteiger partial charge in [0.05, 0.1) is 6.54 Å². The molecule has 2 rings (SSSR count). The molecular weight excluding hydrogens is 488 g/mol. The van der Waals surface area contributed by atoms with E-state index in [-0.39, 0.29) is 35.3 Å². The van der Waals surface area contributed by atoms with Crippen molar-refractivity contribution in [2.45, 2.75) is 30.3 Å². The highest BCUT2D eigenvalue weighted by Gasteiger charge is 2.34. The number of nitrogens with one attached hydrogen (secondary N) is 2. The van der Waals surface area contributed by atoms with Gasteiger partial charge < -0.3 is 15.4 Å². The molecule has 1 aliphatic rings. The number of hydrogen-bond acceptors (Lipinski definition) is 5. The van der Waals surface area contributed by atoms with Gasteiger partial charge in [-0.1, -0.05) is 0 Å². The first-order valence-corrected chi connectivity index (χ1v) is 9.58. The quantitative estimate of drug-likeness (QED) is 0.362. The highest BCUT2D eigenvalue weighted by Crippen LogP contribution is 2.33. The van der Waals surface area contributed by atoms with E-state index in [1.54, 1.807) is 18.8 Å². The molecule has 2 N–H and O–H groups in total. The van der Waals surface area contributed by atoms with Crippen LogP contribution in [-0.4, -0.2) is 48.8 Å². The molecule has 0 unspecified atom stereocenters. The minimum Gasteiger partial charge on any atom is -0.381 e. The summed E-state index contributed by atoms with van der Waals surface area (Å²) in [5.74, 6) is 0.554. The first kappa shape index (κ1) is 22.8. The van der Waals surface area contributed by atoms with Crippen molar-refractivity contribution >= 4 is 53.0 Å². The molecule has 0 bridgehead atoms. The van der Waals surface area contributed by atoms with Crippen molar-refractivity contribution in [3.05, 3.63) is 16.1 Å².